The lowest BCUT2D eigenvalue weighted by Crippen LogP contribution is -2.14. The molecule has 0 aliphatic heterocycles. The third-order valence-electron chi connectivity index (χ3n) is 3.19. The molecule has 0 fully saturated rings. The van der Waals surface area contributed by atoms with Gasteiger partial charge in [0.05, 0.1) is 10.6 Å². The molecule has 1 N–H and O–H groups in total. The minimum absolute atomic E-state index is 0.00836. The van der Waals surface area contributed by atoms with Crippen LogP contribution in [0.4, 0.5) is 10.1 Å². The highest BCUT2D eigenvalue weighted by atomic mass is 32.2. The summed E-state index contributed by atoms with van der Waals surface area (Å²) in [6.07, 6.45) is 3.39. The summed E-state index contributed by atoms with van der Waals surface area (Å²) in [5, 5.41) is 0. The van der Waals surface area contributed by atoms with Gasteiger partial charge in [0.1, 0.15) is 11.5 Å². The molecule has 21 heavy (non-hydrogen) atoms. The van der Waals surface area contributed by atoms with E-state index in [1.807, 2.05) is 0 Å². The number of anilines is 1. The third kappa shape index (κ3) is 2.47. The summed E-state index contributed by atoms with van der Waals surface area (Å²) in [7, 11) is -3.75. The van der Waals surface area contributed by atoms with Gasteiger partial charge in [-0.1, -0.05) is 0 Å². The molecule has 0 amide bonds. The van der Waals surface area contributed by atoms with Crippen molar-refractivity contribution in [1.29, 1.82) is 0 Å². The van der Waals surface area contributed by atoms with Crippen molar-refractivity contribution >= 4 is 21.4 Å². The van der Waals surface area contributed by atoms with Crippen LogP contribution in [0, 0.1) is 12.7 Å². The molecule has 0 aliphatic rings. The van der Waals surface area contributed by atoms with Crippen molar-refractivity contribution < 1.29 is 12.8 Å². The van der Waals surface area contributed by atoms with E-state index in [0.29, 0.717) is 5.69 Å². The monoisotopic (exact) mass is 305 g/mol. The number of hydrogen-bond acceptors (Lipinski definition) is 3. The Balaban J connectivity index is 2.00. The topological polar surface area (TPSA) is 63.5 Å². The van der Waals surface area contributed by atoms with Crippen LogP contribution in [0.1, 0.15) is 5.69 Å². The van der Waals surface area contributed by atoms with E-state index in [-0.39, 0.29) is 4.90 Å². The van der Waals surface area contributed by atoms with Gasteiger partial charge in [0.2, 0.25) is 0 Å². The second-order valence-corrected chi connectivity index (χ2v) is 6.23. The van der Waals surface area contributed by atoms with E-state index in [1.54, 1.807) is 35.9 Å². The second-order valence-electron chi connectivity index (χ2n) is 4.55. The molecule has 0 aliphatic carbocycles. The van der Waals surface area contributed by atoms with Crippen molar-refractivity contribution in [2.45, 2.75) is 11.8 Å². The lowest BCUT2D eigenvalue weighted by atomic mass is 10.3. The van der Waals surface area contributed by atoms with Gasteiger partial charge in [-0.15, -0.1) is 0 Å². The first kappa shape index (κ1) is 13.6. The molecule has 1 aromatic carbocycles. The second kappa shape index (κ2) is 4.85. The highest BCUT2D eigenvalue weighted by Gasteiger charge is 2.16. The summed E-state index contributed by atoms with van der Waals surface area (Å²) in [6.45, 7) is 1.79. The van der Waals surface area contributed by atoms with E-state index in [2.05, 4.69) is 9.71 Å². The number of aromatic nitrogens is 2. The number of benzene rings is 1. The maximum absolute atomic E-state index is 12.9. The average molecular weight is 305 g/mol. The highest BCUT2D eigenvalue weighted by molar-refractivity contribution is 7.92. The number of nitrogens with zero attached hydrogens (tertiary/aromatic N) is 2. The average Bonchev–Trinajstić information content (AvgIpc) is 2.91. The van der Waals surface area contributed by atoms with Crippen LogP contribution in [0.15, 0.2) is 53.7 Å². The van der Waals surface area contributed by atoms with Crippen molar-refractivity contribution in [2.24, 2.45) is 0 Å². The normalized spacial score (nSPS) is 11.7. The van der Waals surface area contributed by atoms with Crippen molar-refractivity contribution in [1.82, 2.24) is 9.38 Å². The first-order valence-corrected chi connectivity index (χ1v) is 7.67. The lowest BCUT2D eigenvalue weighted by molar-refractivity contribution is 0.599. The fraction of sp³-hybridized carbons (Fsp3) is 0.0714. The zero-order chi connectivity index (χ0) is 15.0. The van der Waals surface area contributed by atoms with Gasteiger partial charge in [-0.2, -0.15) is 0 Å². The van der Waals surface area contributed by atoms with E-state index in [4.69, 9.17) is 0 Å². The van der Waals surface area contributed by atoms with Crippen LogP contribution in [0.25, 0.3) is 5.65 Å². The van der Waals surface area contributed by atoms with Gasteiger partial charge in [0.15, 0.2) is 0 Å². The Bertz CT molecular complexity index is 902. The van der Waals surface area contributed by atoms with E-state index in [9.17, 15) is 12.8 Å². The number of sulfonamides is 1. The summed E-state index contributed by atoms with van der Waals surface area (Å²) in [5.74, 6) is -0.482. The van der Waals surface area contributed by atoms with Gasteiger partial charge >= 0.3 is 0 Å². The fourth-order valence-corrected chi connectivity index (χ4v) is 3.17. The smallest absolute Gasteiger partial charge is 0.261 e. The Hall–Kier alpha value is -2.41. The Morgan fingerprint density at radius 1 is 1.14 bits per heavy atom. The molecule has 0 atom stereocenters. The van der Waals surface area contributed by atoms with Crippen molar-refractivity contribution in [3.63, 3.8) is 0 Å². The molecule has 7 heteroatoms. The number of imidazole rings is 1. The molecule has 0 spiro atoms. The highest BCUT2D eigenvalue weighted by Crippen LogP contribution is 2.21. The molecular formula is C14H12FN3O2S. The summed E-state index contributed by atoms with van der Waals surface area (Å²) in [6, 6.07) is 8.04. The molecule has 0 radical (unpaired) electrons. The van der Waals surface area contributed by atoms with Gasteiger partial charge in [-0.3, -0.25) is 4.72 Å². The third-order valence-corrected chi connectivity index (χ3v) is 4.57. The molecule has 2 aromatic heterocycles. The molecule has 0 saturated carbocycles. The summed E-state index contributed by atoms with van der Waals surface area (Å²) < 4.78 is 41.7. The summed E-state index contributed by atoms with van der Waals surface area (Å²) in [4.78, 5) is 4.14. The van der Waals surface area contributed by atoms with Crippen LogP contribution < -0.4 is 4.72 Å². The Morgan fingerprint density at radius 3 is 2.57 bits per heavy atom. The van der Waals surface area contributed by atoms with Gasteiger partial charge in [-0.25, -0.2) is 17.8 Å². The molecule has 3 aromatic rings. The Morgan fingerprint density at radius 2 is 1.86 bits per heavy atom. The van der Waals surface area contributed by atoms with Crippen molar-refractivity contribution in [3.8, 4) is 0 Å². The number of nitrogens with one attached hydrogen (secondary N) is 1. The van der Waals surface area contributed by atoms with E-state index >= 15 is 0 Å². The van der Waals surface area contributed by atoms with E-state index in [1.165, 1.54) is 12.1 Å². The van der Waals surface area contributed by atoms with E-state index in [0.717, 1.165) is 23.5 Å². The number of aryl methyl sites for hydroxylation is 1. The van der Waals surface area contributed by atoms with Crippen molar-refractivity contribution in [3.05, 3.63) is 60.3 Å². The van der Waals surface area contributed by atoms with Crippen LogP contribution in [0.3, 0.4) is 0 Å². The predicted octanol–water partition coefficient (Wildman–Crippen LogP) is 2.58. The van der Waals surface area contributed by atoms with Crippen LogP contribution in [0.5, 0.6) is 0 Å². The standard InChI is InChI=1S/C14H12FN3O2S/c1-10-13(6-7-14-16-8-9-18(10)14)17-21(19,20)12-4-2-11(15)3-5-12/h2-9,17H,1H3. The van der Waals surface area contributed by atoms with Crippen LogP contribution >= 0.6 is 0 Å². The van der Waals surface area contributed by atoms with Gasteiger partial charge < -0.3 is 4.40 Å². The number of rotatable bonds is 3. The molecule has 108 valence electrons. The van der Waals surface area contributed by atoms with Gasteiger partial charge in [0.25, 0.3) is 10.0 Å². The number of fused-ring (bicyclic) bond motifs is 1. The van der Waals surface area contributed by atoms with Gasteiger partial charge in [0, 0.05) is 18.1 Å². The number of pyridine rings is 1. The first-order valence-electron chi connectivity index (χ1n) is 6.18. The Kier molecular flexibility index (Phi) is 3.13. The molecule has 2 heterocycles. The maximum atomic E-state index is 12.9. The maximum Gasteiger partial charge on any atom is 0.261 e. The minimum Gasteiger partial charge on any atom is -0.302 e. The predicted molar refractivity (Wildman–Crippen MR) is 77.1 cm³/mol. The molecule has 3 rings (SSSR count). The molecule has 0 bridgehead atoms. The quantitative estimate of drug-likeness (QED) is 0.809. The van der Waals surface area contributed by atoms with Crippen LogP contribution in [-0.2, 0) is 10.0 Å². The molecule has 0 saturated heterocycles. The summed E-state index contributed by atoms with van der Waals surface area (Å²) >= 11 is 0. The summed E-state index contributed by atoms with van der Waals surface area (Å²) in [5.41, 5.74) is 1.90. The van der Waals surface area contributed by atoms with Gasteiger partial charge in [-0.05, 0) is 43.3 Å². The molecular weight excluding hydrogens is 293 g/mol. The van der Waals surface area contributed by atoms with Crippen LogP contribution in [-0.4, -0.2) is 17.8 Å². The minimum atomic E-state index is -3.75. The lowest BCUT2D eigenvalue weighted by Gasteiger charge is -2.11. The first-order chi connectivity index (χ1) is 9.97. The number of hydrogen-bond donors (Lipinski definition) is 1. The molecule has 5 nitrogen and oxygen atoms in total. The zero-order valence-electron chi connectivity index (χ0n) is 11.1. The van der Waals surface area contributed by atoms with Crippen LogP contribution in [0.2, 0.25) is 0 Å². The van der Waals surface area contributed by atoms with Crippen molar-refractivity contribution in [2.75, 3.05) is 4.72 Å². The molecule has 0 unspecified atom stereocenters. The zero-order valence-corrected chi connectivity index (χ0v) is 11.9. The SMILES string of the molecule is Cc1c(NS(=O)(=O)c2ccc(F)cc2)ccc2nccn12. The fourth-order valence-electron chi connectivity index (χ4n) is 2.06. The largest absolute Gasteiger partial charge is 0.302 e. The Labute approximate surface area is 121 Å². The van der Waals surface area contributed by atoms with E-state index < -0.39 is 15.8 Å². The number of halogens is 1.